The van der Waals surface area contributed by atoms with E-state index in [0.717, 1.165) is 12.5 Å². The predicted molar refractivity (Wildman–Crippen MR) is 75.8 cm³/mol. The first-order valence-electron chi connectivity index (χ1n) is 7.02. The number of fused-ring (bicyclic) bond motifs is 1. The second-order valence-corrected chi connectivity index (χ2v) is 5.46. The molecule has 2 rings (SSSR count). The average Bonchev–Trinajstić information content (AvgIpc) is 2.38. The monoisotopic (exact) mass is 231 g/mol. The van der Waals surface area contributed by atoms with Crippen molar-refractivity contribution in [3.8, 4) is 0 Å². The zero-order valence-corrected chi connectivity index (χ0v) is 11.7. The van der Waals surface area contributed by atoms with Crippen LogP contribution in [0.3, 0.4) is 0 Å². The first kappa shape index (κ1) is 12.5. The van der Waals surface area contributed by atoms with E-state index in [9.17, 15) is 0 Å². The maximum atomic E-state index is 2.61. The normalized spacial score (nSPS) is 28.0. The van der Waals surface area contributed by atoms with Crippen molar-refractivity contribution in [1.29, 1.82) is 0 Å². The molecule has 0 saturated carbocycles. The van der Waals surface area contributed by atoms with Crippen molar-refractivity contribution >= 4 is 5.69 Å². The zero-order valence-electron chi connectivity index (χ0n) is 11.7. The summed E-state index contributed by atoms with van der Waals surface area (Å²) in [5.41, 5.74) is 3.37. The van der Waals surface area contributed by atoms with Crippen LogP contribution in [0.5, 0.6) is 0 Å². The molecule has 0 N–H and O–H groups in total. The summed E-state index contributed by atoms with van der Waals surface area (Å²) in [6, 6.07) is 8.98. The van der Waals surface area contributed by atoms with Crippen LogP contribution in [0.15, 0.2) is 24.3 Å². The minimum absolute atomic E-state index is 0.337. The van der Waals surface area contributed by atoms with E-state index in [0.29, 0.717) is 5.54 Å². The van der Waals surface area contributed by atoms with E-state index in [1.165, 1.54) is 24.9 Å². The molecule has 0 radical (unpaired) electrons. The smallest absolute Gasteiger partial charge is 0.0406 e. The molecule has 0 aliphatic carbocycles. The van der Waals surface area contributed by atoms with Crippen LogP contribution in [0.25, 0.3) is 0 Å². The Bertz CT molecular complexity index is 385. The first-order chi connectivity index (χ1) is 8.16. The predicted octanol–water partition coefficient (Wildman–Crippen LogP) is 4.58. The molecule has 1 heteroatoms. The van der Waals surface area contributed by atoms with Crippen LogP contribution in [0.4, 0.5) is 5.69 Å². The molecule has 0 fully saturated rings. The second-order valence-electron chi connectivity index (χ2n) is 5.46. The van der Waals surface area contributed by atoms with Crippen LogP contribution in [0, 0.1) is 0 Å². The van der Waals surface area contributed by atoms with Crippen LogP contribution in [-0.2, 0) is 0 Å². The Hall–Kier alpha value is -0.980. The molecule has 94 valence electrons. The SMILES string of the molecule is CCC1CC(C)(CC)N(CC)c2ccccc21. The van der Waals surface area contributed by atoms with Gasteiger partial charge in [0.25, 0.3) is 0 Å². The number of hydrogen-bond acceptors (Lipinski definition) is 1. The van der Waals surface area contributed by atoms with Crippen molar-refractivity contribution in [3.63, 3.8) is 0 Å². The van der Waals surface area contributed by atoms with Gasteiger partial charge in [0.2, 0.25) is 0 Å². The molecular weight excluding hydrogens is 206 g/mol. The Balaban J connectivity index is 2.50. The molecule has 0 spiro atoms. The van der Waals surface area contributed by atoms with E-state index in [2.05, 4.69) is 56.9 Å². The highest BCUT2D eigenvalue weighted by atomic mass is 15.2. The van der Waals surface area contributed by atoms with Crippen LogP contribution in [-0.4, -0.2) is 12.1 Å². The van der Waals surface area contributed by atoms with Gasteiger partial charge in [-0.15, -0.1) is 0 Å². The summed E-state index contributed by atoms with van der Waals surface area (Å²) in [4.78, 5) is 2.61. The molecule has 2 unspecified atom stereocenters. The maximum Gasteiger partial charge on any atom is 0.0406 e. The summed E-state index contributed by atoms with van der Waals surface area (Å²) in [5, 5.41) is 0. The van der Waals surface area contributed by atoms with Gasteiger partial charge in [-0.3, -0.25) is 0 Å². The van der Waals surface area contributed by atoms with Crippen molar-refractivity contribution in [3.05, 3.63) is 29.8 Å². The van der Waals surface area contributed by atoms with Crippen molar-refractivity contribution in [2.45, 2.75) is 58.4 Å². The zero-order chi connectivity index (χ0) is 12.5. The summed E-state index contributed by atoms with van der Waals surface area (Å²) in [5.74, 6) is 0.735. The fourth-order valence-corrected chi connectivity index (χ4v) is 3.37. The molecule has 1 nitrogen and oxygen atoms in total. The highest BCUT2D eigenvalue weighted by molar-refractivity contribution is 5.59. The molecular formula is C16H25N. The Kier molecular flexibility index (Phi) is 3.46. The summed E-state index contributed by atoms with van der Waals surface area (Å²) in [6.07, 6.45) is 3.78. The van der Waals surface area contributed by atoms with Gasteiger partial charge in [-0.2, -0.15) is 0 Å². The molecule has 1 aliphatic heterocycles. The van der Waals surface area contributed by atoms with Crippen molar-refractivity contribution in [1.82, 2.24) is 0 Å². The van der Waals surface area contributed by atoms with Crippen molar-refractivity contribution < 1.29 is 0 Å². The van der Waals surface area contributed by atoms with Crippen LogP contribution in [0.2, 0.25) is 0 Å². The third-order valence-corrected chi connectivity index (χ3v) is 4.58. The lowest BCUT2D eigenvalue weighted by molar-refractivity contribution is 0.328. The highest BCUT2D eigenvalue weighted by Crippen LogP contribution is 2.45. The van der Waals surface area contributed by atoms with Crippen molar-refractivity contribution in [2.75, 3.05) is 11.4 Å². The highest BCUT2D eigenvalue weighted by Gasteiger charge is 2.38. The van der Waals surface area contributed by atoms with Gasteiger partial charge in [0, 0.05) is 17.8 Å². The van der Waals surface area contributed by atoms with E-state index in [1.807, 2.05) is 0 Å². The van der Waals surface area contributed by atoms with Gasteiger partial charge < -0.3 is 4.90 Å². The molecule has 1 aliphatic rings. The van der Waals surface area contributed by atoms with Gasteiger partial charge in [-0.25, -0.2) is 0 Å². The molecule has 0 saturated heterocycles. The molecule has 1 heterocycles. The fourth-order valence-electron chi connectivity index (χ4n) is 3.37. The molecule has 2 atom stereocenters. The number of benzene rings is 1. The number of hydrogen-bond donors (Lipinski definition) is 0. The van der Waals surface area contributed by atoms with E-state index < -0.39 is 0 Å². The van der Waals surface area contributed by atoms with E-state index in [4.69, 9.17) is 0 Å². The third-order valence-electron chi connectivity index (χ3n) is 4.58. The van der Waals surface area contributed by atoms with E-state index in [-0.39, 0.29) is 0 Å². The fraction of sp³-hybridized carbons (Fsp3) is 0.625. The minimum Gasteiger partial charge on any atom is -0.366 e. The Morgan fingerprint density at radius 3 is 2.53 bits per heavy atom. The molecule has 0 bridgehead atoms. The lowest BCUT2D eigenvalue weighted by atomic mass is 9.76. The summed E-state index contributed by atoms with van der Waals surface area (Å²) < 4.78 is 0. The topological polar surface area (TPSA) is 3.24 Å². The summed E-state index contributed by atoms with van der Waals surface area (Å²) in [7, 11) is 0. The lowest BCUT2D eigenvalue weighted by Crippen LogP contribution is -2.50. The number of para-hydroxylation sites is 1. The Labute approximate surface area is 106 Å². The Morgan fingerprint density at radius 1 is 1.24 bits per heavy atom. The number of rotatable bonds is 3. The maximum absolute atomic E-state index is 2.61. The molecule has 1 aromatic carbocycles. The van der Waals surface area contributed by atoms with Gasteiger partial charge in [-0.05, 0) is 50.7 Å². The lowest BCUT2D eigenvalue weighted by Gasteiger charge is -2.49. The molecule has 17 heavy (non-hydrogen) atoms. The van der Waals surface area contributed by atoms with Gasteiger partial charge >= 0.3 is 0 Å². The molecule has 0 aromatic heterocycles. The van der Waals surface area contributed by atoms with Crippen LogP contribution in [0.1, 0.15) is 58.4 Å². The second kappa shape index (κ2) is 4.72. The molecule has 1 aromatic rings. The average molecular weight is 231 g/mol. The number of anilines is 1. The largest absolute Gasteiger partial charge is 0.366 e. The number of nitrogens with zero attached hydrogens (tertiary/aromatic N) is 1. The van der Waals surface area contributed by atoms with Gasteiger partial charge in [0.15, 0.2) is 0 Å². The van der Waals surface area contributed by atoms with Crippen LogP contribution < -0.4 is 4.90 Å². The minimum atomic E-state index is 0.337. The summed E-state index contributed by atoms with van der Waals surface area (Å²) >= 11 is 0. The Morgan fingerprint density at radius 2 is 1.94 bits per heavy atom. The van der Waals surface area contributed by atoms with Gasteiger partial charge in [-0.1, -0.05) is 32.0 Å². The molecule has 0 amide bonds. The van der Waals surface area contributed by atoms with Gasteiger partial charge in [0.05, 0.1) is 0 Å². The van der Waals surface area contributed by atoms with Crippen LogP contribution >= 0.6 is 0 Å². The van der Waals surface area contributed by atoms with E-state index in [1.54, 1.807) is 5.56 Å². The van der Waals surface area contributed by atoms with Crippen molar-refractivity contribution in [2.24, 2.45) is 0 Å². The quantitative estimate of drug-likeness (QED) is 0.736. The first-order valence-corrected chi connectivity index (χ1v) is 7.02. The summed E-state index contributed by atoms with van der Waals surface area (Å²) in [6.45, 7) is 10.5. The van der Waals surface area contributed by atoms with Gasteiger partial charge in [0.1, 0.15) is 0 Å². The standard InChI is InChI=1S/C16H25N/c1-5-13-12-16(4,6-2)17(7-3)15-11-9-8-10-14(13)15/h8-11,13H,5-7,12H2,1-4H3. The third kappa shape index (κ3) is 1.96. The van der Waals surface area contributed by atoms with E-state index >= 15 is 0 Å².